The van der Waals surface area contributed by atoms with E-state index >= 15 is 0 Å². The maximum atomic E-state index is 11.1. The molecule has 0 bridgehead atoms. The zero-order valence-electron chi connectivity index (χ0n) is 9.77. The first-order valence-electron chi connectivity index (χ1n) is 5.47. The minimum Gasteiger partial charge on any atom is -0.478 e. The van der Waals surface area contributed by atoms with Crippen LogP contribution >= 0.6 is 35.0 Å². The van der Waals surface area contributed by atoms with Gasteiger partial charge < -0.3 is 5.11 Å². The summed E-state index contributed by atoms with van der Waals surface area (Å²) >= 11 is 13.3. The Morgan fingerprint density at radius 3 is 2.53 bits per heavy atom. The highest BCUT2D eigenvalue weighted by molar-refractivity contribution is 7.98. The molecule has 0 radical (unpaired) electrons. The molecular weight excluding hydrogens is 303 g/mol. The molecule has 0 spiro atoms. The lowest BCUT2D eigenvalue weighted by Gasteiger charge is -2.06. The standard InChI is InChI=1S/C14H10Cl2O2S/c15-12-6-5-10(7-13(12)16)19-8-9-3-1-2-4-11(9)14(17)18/h1-7H,8H2,(H,17,18). The van der Waals surface area contributed by atoms with E-state index in [1.807, 2.05) is 18.2 Å². The highest BCUT2D eigenvalue weighted by Gasteiger charge is 2.09. The molecule has 0 aliphatic heterocycles. The topological polar surface area (TPSA) is 37.3 Å². The van der Waals surface area contributed by atoms with E-state index < -0.39 is 5.97 Å². The summed E-state index contributed by atoms with van der Waals surface area (Å²) in [5, 5.41) is 10.1. The summed E-state index contributed by atoms with van der Waals surface area (Å²) in [6.07, 6.45) is 0. The van der Waals surface area contributed by atoms with Crippen molar-refractivity contribution >= 4 is 40.9 Å². The fourth-order valence-corrected chi connectivity index (χ4v) is 2.88. The molecule has 0 aromatic heterocycles. The van der Waals surface area contributed by atoms with E-state index in [9.17, 15) is 4.79 Å². The minimum atomic E-state index is -0.912. The summed E-state index contributed by atoms with van der Waals surface area (Å²) < 4.78 is 0. The van der Waals surface area contributed by atoms with Crippen LogP contribution in [0, 0.1) is 0 Å². The van der Waals surface area contributed by atoms with Crippen molar-refractivity contribution in [3.63, 3.8) is 0 Å². The predicted octanol–water partition coefficient (Wildman–Crippen LogP) is 4.98. The third-order valence-corrected chi connectivity index (χ3v) is 4.31. The SMILES string of the molecule is O=C(O)c1ccccc1CSc1ccc(Cl)c(Cl)c1. The summed E-state index contributed by atoms with van der Waals surface area (Å²) in [7, 11) is 0. The average Bonchev–Trinajstić information content (AvgIpc) is 2.40. The molecule has 2 aromatic carbocycles. The Morgan fingerprint density at radius 2 is 1.84 bits per heavy atom. The number of rotatable bonds is 4. The Morgan fingerprint density at radius 1 is 1.11 bits per heavy atom. The molecule has 0 saturated heterocycles. The monoisotopic (exact) mass is 312 g/mol. The Bertz CT molecular complexity index is 614. The summed E-state index contributed by atoms with van der Waals surface area (Å²) in [5.74, 6) is -0.342. The van der Waals surface area contributed by atoms with E-state index in [4.69, 9.17) is 28.3 Å². The summed E-state index contributed by atoms with van der Waals surface area (Å²) in [6, 6.07) is 12.3. The number of benzene rings is 2. The molecule has 0 saturated carbocycles. The van der Waals surface area contributed by atoms with Crippen LogP contribution in [0.1, 0.15) is 15.9 Å². The van der Waals surface area contributed by atoms with Crippen molar-refractivity contribution in [2.45, 2.75) is 10.6 Å². The molecule has 98 valence electrons. The molecule has 5 heteroatoms. The van der Waals surface area contributed by atoms with Crippen molar-refractivity contribution < 1.29 is 9.90 Å². The van der Waals surface area contributed by atoms with Crippen molar-refractivity contribution in [1.82, 2.24) is 0 Å². The summed E-state index contributed by atoms with van der Waals surface area (Å²) in [4.78, 5) is 12.0. The maximum absolute atomic E-state index is 11.1. The second kappa shape index (κ2) is 6.33. The lowest BCUT2D eigenvalue weighted by molar-refractivity contribution is 0.0696. The Labute approximate surface area is 125 Å². The van der Waals surface area contributed by atoms with Gasteiger partial charge in [-0.1, -0.05) is 41.4 Å². The molecule has 0 atom stereocenters. The van der Waals surface area contributed by atoms with Gasteiger partial charge in [-0.2, -0.15) is 0 Å². The number of carboxylic acid groups (broad SMARTS) is 1. The summed E-state index contributed by atoms with van der Waals surface area (Å²) in [5.41, 5.74) is 1.11. The fraction of sp³-hybridized carbons (Fsp3) is 0.0714. The van der Waals surface area contributed by atoms with Crippen LogP contribution in [0.2, 0.25) is 10.0 Å². The van der Waals surface area contributed by atoms with Crippen molar-refractivity contribution in [1.29, 1.82) is 0 Å². The molecule has 0 fully saturated rings. The zero-order valence-corrected chi connectivity index (χ0v) is 12.1. The van der Waals surface area contributed by atoms with Gasteiger partial charge in [0.15, 0.2) is 0 Å². The fourth-order valence-electron chi connectivity index (χ4n) is 1.58. The van der Waals surface area contributed by atoms with Crippen LogP contribution < -0.4 is 0 Å². The van der Waals surface area contributed by atoms with Gasteiger partial charge in [0.1, 0.15) is 0 Å². The Hall–Kier alpha value is -1.16. The highest BCUT2D eigenvalue weighted by atomic mass is 35.5. The second-order valence-electron chi connectivity index (χ2n) is 3.83. The number of aromatic carboxylic acids is 1. The van der Waals surface area contributed by atoms with Gasteiger partial charge in [-0.15, -0.1) is 11.8 Å². The van der Waals surface area contributed by atoms with E-state index in [2.05, 4.69) is 0 Å². The van der Waals surface area contributed by atoms with E-state index in [1.54, 1.807) is 24.3 Å². The normalized spacial score (nSPS) is 10.4. The van der Waals surface area contributed by atoms with Gasteiger partial charge in [0.2, 0.25) is 0 Å². The van der Waals surface area contributed by atoms with Crippen LogP contribution in [0.5, 0.6) is 0 Å². The Kier molecular flexibility index (Phi) is 4.75. The predicted molar refractivity (Wildman–Crippen MR) is 79.4 cm³/mol. The van der Waals surface area contributed by atoms with Crippen LogP contribution in [0.4, 0.5) is 0 Å². The number of thioether (sulfide) groups is 1. The Balaban J connectivity index is 2.14. The lowest BCUT2D eigenvalue weighted by atomic mass is 10.1. The first kappa shape index (κ1) is 14.3. The molecule has 2 aromatic rings. The third-order valence-electron chi connectivity index (χ3n) is 2.53. The van der Waals surface area contributed by atoms with E-state index in [1.165, 1.54) is 11.8 Å². The molecule has 19 heavy (non-hydrogen) atoms. The molecule has 2 rings (SSSR count). The molecule has 0 aliphatic rings. The van der Waals surface area contributed by atoms with E-state index in [-0.39, 0.29) is 0 Å². The second-order valence-corrected chi connectivity index (χ2v) is 5.69. The van der Waals surface area contributed by atoms with Crippen LogP contribution in [0.25, 0.3) is 0 Å². The van der Waals surface area contributed by atoms with Crippen molar-refractivity contribution in [3.8, 4) is 0 Å². The van der Waals surface area contributed by atoms with Crippen LogP contribution in [0.3, 0.4) is 0 Å². The summed E-state index contributed by atoms with van der Waals surface area (Å²) in [6.45, 7) is 0. The van der Waals surface area contributed by atoms with Crippen LogP contribution in [0.15, 0.2) is 47.4 Å². The molecule has 0 amide bonds. The van der Waals surface area contributed by atoms with Gasteiger partial charge in [-0.25, -0.2) is 4.79 Å². The number of halogens is 2. The van der Waals surface area contributed by atoms with E-state index in [0.29, 0.717) is 21.4 Å². The van der Waals surface area contributed by atoms with Crippen molar-refractivity contribution in [2.75, 3.05) is 0 Å². The van der Waals surface area contributed by atoms with Crippen LogP contribution in [-0.2, 0) is 5.75 Å². The maximum Gasteiger partial charge on any atom is 0.335 e. The van der Waals surface area contributed by atoms with Gasteiger partial charge in [-0.3, -0.25) is 0 Å². The van der Waals surface area contributed by atoms with Gasteiger partial charge in [0.05, 0.1) is 15.6 Å². The molecule has 0 aliphatic carbocycles. The van der Waals surface area contributed by atoms with E-state index in [0.717, 1.165) is 10.5 Å². The number of carboxylic acids is 1. The van der Waals surface area contributed by atoms with Crippen LogP contribution in [-0.4, -0.2) is 11.1 Å². The molecular formula is C14H10Cl2O2S. The molecule has 2 nitrogen and oxygen atoms in total. The molecule has 1 N–H and O–H groups in total. The first-order chi connectivity index (χ1) is 9.08. The van der Waals surface area contributed by atoms with Gasteiger partial charge in [0.25, 0.3) is 0 Å². The number of carbonyl (C=O) groups is 1. The van der Waals surface area contributed by atoms with Gasteiger partial charge in [0, 0.05) is 10.6 Å². The zero-order chi connectivity index (χ0) is 13.8. The number of hydrogen-bond donors (Lipinski definition) is 1. The quantitative estimate of drug-likeness (QED) is 0.809. The van der Waals surface area contributed by atoms with Crippen molar-refractivity contribution in [2.24, 2.45) is 0 Å². The molecule has 0 heterocycles. The number of hydrogen-bond acceptors (Lipinski definition) is 2. The first-order valence-corrected chi connectivity index (χ1v) is 7.21. The smallest absolute Gasteiger partial charge is 0.335 e. The van der Waals surface area contributed by atoms with Gasteiger partial charge >= 0.3 is 5.97 Å². The highest BCUT2D eigenvalue weighted by Crippen LogP contribution is 2.30. The van der Waals surface area contributed by atoms with Crippen molar-refractivity contribution in [3.05, 3.63) is 63.6 Å². The lowest BCUT2D eigenvalue weighted by Crippen LogP contribution is -2.00. The molecule has 0 unspecified atom stereocenters. The average molecular weight is 313 g/mol. The largest absolute Gasteiger partial charge is 0.478 e. The third kappa shape index (κ3) is 3.66. The minimum absolute atomic E-state index is 0.329. The van der Waals surface area contributed by atoms with Gasteiger partial charge in [-0.05, 0) is 29.8 Å².